The Kier molecular flexibility index (Phi) is 13.2. The Balaban J connectivity index is 5.27. The van der Waals surface area contributed by atoms with Gasteiger partial charge in [-0.3, -0.25) is 4.79 Å². The van der Waals surface area contributed by atoms with E-state index in [-0.39, 0.29) is 6.04 Å². The highest BCUT2D eigenvalue weighted by atomic mass is 16.4. The van der Waals surface area contributed by atoms with Crippen LogP contribution in [0.15, 0.2) is 0 Å². The lowest BCUT2D eigenvalue weighted by Crippen LogP contribution is -2.62. The standard InChI is InChI=1S/C22H46N2O3/c1-6-7-8-9-10-12-15-22(17-19(3)25,21(4,5)20(26)27)24-18(2)14-11-13-16-23/h18-19,24-25H,6-17,23H2,1-5H3,(H,26,27). The second-order valence-corrected chi connectivity index (χ2v) is 8.91. The van der Waals surface area contributed by atoms with Gasteiger partial charge in [-0.15, -0.1) is 0 Å². The number of nitrogens with one attached hydrogen (secondary N) is 1. The molecule has 0 fully saturated rings. The molecule has 0 saturated carbocycles. The average Bonchev–Trinajstić information content (AvgIpc) is 2.57. The summed E-state index contributed by atoms with van der Waals surface area (Å²) in [6.07, 6.45) is 10.6. The summed E-state index contributed by atoms with van der Waals surface area (Å²) in [6, 6.07) is 0.189. The first kappa shape index (κ1) is 26.4. The normalized spacial score (nSPS) is 16.7. The van der Waals surface area contributed by atoms with Crippen LogP contribution >= 0.6 is 0 Å². The van der Waals surface area contributed by atoms with Crippen LogP contribution in [0.4, 0.5) is 0 Å². The lowest BCUT2D eigenvalue weighted by molar-refractivity contribution is -0.154. The Morgan fingerprint density at radius 1 is 1.04 bits per heavy atom. The first-order chi connectivity index (χ1) is 12.6. The minimum atomic E-state index is -0.963. The molecule has 0 aliphatic heterocycles. The van der Waals surface area contributed by atoms with Gasteiger partial charge in [-0.05, 0) is 59.9 Å². The van der Waals surface area contributed by atoms with Crippen molar-refractivity contribution in [2.24, 2.45) is 11.1 Å². The zero-order chi connectivity index (χ0) is 20.9. The van der Waals surface area contributed by atoms with Crippen LogP contribution in [-0.2, 0) is 4.79 Å². The average molecular weight is 387 g/mol. The highest BCUT2D eigenvalue weighted by Crippen LogP contribution is 2.40. The molecule has 0 bridgehead atoms. The zero-order valence-corrected chi connectivity index (χ0v) is 18.5. The van der Waals surface area contributed by atoms with Crippen molar-refractivity contribution < 1.29 is 15.0 Å². The maximum Gasteiger partial charge on any atom is 0.310 e. The highest BCUT2D eigenvalue weighted by molar-refractivity contribution is 5.75. The van der Waals surface area contributed by atoms with Crippen molar-refractivity contribution in [3.05, 3.63) is 0 Å². The number of nitrogens with two attached hydrogens (primary N) is 1. The molecule has 162 valence electrons. The molecule has 0 aromatic heterocycles. The number of aliphatic carboxylic acids is 1. The maximum absolute atomic E-state index is 12.1. The van der Waals surface area contributed by atoms with Crippen LogP contribution in [0.3, 0.4) is 0 Å². The van der Waals surface area contributed by atoms with Crippen LogP contribution in [-0.4, -0.2) is 40.4 Å². The van der Waals surface area contributed by atoms with Gasteiger partial charge in [0.15, 0.2) is 0 Å². The van der Waals surface area contributed by atoms with Crippen LogP contribution in [0.2, 0.25) is 0 Å². The van der Waals surface area contributed by atoms with Crippen molar-refractivity contribution in [2.75, 3.05) is 6.54 Å². The third-order valence-electron chi connectivity index (χ3n) is 5.95. The number of hydrogen-bond acceptors (Lipinski definition) is 4. The van der Waals surface area contributed by atoms with Crippen molar-refractivity contribution in [1.82, 2.24) is 5.32 Å². The molecule has 5 nitrogen and oxygen atoms in total. The number of carboxylic acids is 1. The topological polar surface area (TPSA) is 95.6 Å². The molecule has 0 aliphatic rings. The summed E-state index contributed by atoms with van der Waals surface area (Å²) in [4.78, 5) is 12.1. The number of unbranched alkanes of at least 4 members (excludes halogenated alkanes) is 6. The monoisotopic (exact) mass is 386 g/mol. The lowest BCUT2D eigenvalue weighted by Gasteiger charge is -2.48. The predicted molar refractivity (Wildman–Crippen MR) is 114 cm³/mol. The second kappa shape index (κ2) is 13.5. The predicted octanol–water partition coefficient (Wildman–Crippen LogP) is 4.46. The molecule has 0 aromatic rings. The Labute approximate surface area is 167 Å². The highest BCUT2D eigenvalue weighted by Gasteiger charge is 2.50. The molecule has 0 heterocycles. The van der Waals surface area contributed by atoms with Crippen molar-refractivity contribution in [3.8, 4) is 0 Å². The Morgan fingerprint density at radius 3 is 2.15 bits per heavy atom. The van der Waals surface area contributed by atoms with Crippen molar-refractivity contribution in [3.63, 3.8) is 0 Å². The molecule has 0 rings (SSSR count). The smallest absolute Gasteiger partial charge is 0.310 e. The van der Waals surface area contributed by atoms with Gasteiger partial charge in [0.2, 0.25) is 0 Å². The van der Waals surface area contributed by atoms with E-state index in [4.69, 9.17) is 5.73 Å². The number of hydrogen-bond donors (Lipinski definition) is 4. The minimum Gasteiger partial charge on any atom is -0.481 e. The van der Waals surface area contributed by atoms with E-state index in [0.717, 1.165) is 38.5 Å². The van der Waals surface area contributed by atoms with E-state index >= 15 is 0 Å². The quantitative estimate of drug-likeness (QED) is 0.277. The van der Waals surface area contributed by atoms with Gasteiger partial charge in [0.1, 0.15) is 0 Å². The fourth-order valence-corrected chi connectivity index (χ4v) is 4.04. The van der Waals surface area contributed by atoms with Gasteiger partial charge < -0.3 is 21.3 Å². The Morgan fingerprint density at radius 2 is 1.63 bits per heavy atom. The first-order valence-electron chi connectivity index (χ1n) is 11.0. The van der Waals surface area contributed by atoms with Crippen LogP contribution < -0.4 is 11.1 Å². The van der Waals surface area contributed by atoms with Gasteiger partial charge in [-0.25, -0.2) is 0 Å². The first-order valence-corrected chi connectivity index (χ1v) is 11.0. The summed E-state index contributed by atoms with van der Waals surface area (Å²) in [5, 5.41) is 23.8. The number of rotatable bonds is 17. The van der Waals surface area contributed by atoms with E-state index in [9.17, 15) is 15.0 Å². The molecular formula is C22H46N2O3. The fourth-order valence-electron chi connectivity index (χ4n) is 4.04. The number of carboxylic acid groups (broad SMARTS) is 1. The number of aliphatic hydroxyl groups is 1. The van der Waals surface area contributed by atoms with Gasteiger partial charge >= 0.3 is 5.97 Å². The summed E-state index contributed by atoms with van der Waals surface area (Å²) in [5.74, 6) is -0.809. The van der Waals surface area contributed by atoms with Gasteiger partial charge in [0, 0.05) is 11.6 Å². The van der Waals surface area contributed by atoms with Crippen LogP contribution in [0.1, 0.15) is 105 Å². The van der Waals surface area contributed by atoms with Gasteiger partial charge in [0.05, 0.1) is 11.5 Å². The van der Waals surface area contributed by atoms with E-state index in [0.29, 0.717) is 13.0 Å². The Hall–Kier alpha value is -0.650. The van der Waals surface area contributed by atoms with E-state index in [1.165, 1.54) is 25.7 Å². The van der Waals surface area contributed by atoms with Crippen LogP contribution in [0, 0.1) is 5.41 Å². The molecule has 0 spiro atoms. The molecule has 0 radical (unpaired) electrons. The SMILES string of the molecule is CCCCCCCCC(CC(C)O)(NC(C)CCCCN)C(C)(C)C(=O)O. The van der Waals surface area contributed by atoms with Crippen molar-refractivity contribution in [2.45, 2.75) is 123 Å². The van der Waals surface area contributed by atoms with Gasteiger partial charge in [-0.2, -0.15) is 0 Å². The van der Waals surface area contributed by atoms with E-state index in [2.05, 4.69) is 19.2 Å². The molecule has 27 heavy (non-hydrogen) atoms. The molecule has 0 saturated heterocycles. The summed E-state index contributed by atoms with van der Waals surface area (Å²) in [7, 11) is 0. The van der Waals surface area contributed by atoms with Crippen molar-refractivity contribution in [1.29, 1.82) is 0 Å². The molecular weight excluding hydrogens is 340 g/mol. The zero-order valence-electron chi connectivity index (χ0n) is 18.5. The summed E-state index contributed by atoms with van der Waals surface area (Å²) in [6.45, 7) is 10.4. The van der Waals surface area contributed by atoms with E-state index < -0.39 is 23.0 Å². The van der Waals surface area contributed by atoms with E-state index in [1.54, 1.807) is 20.8 Å². The minimum absolute atomic E-state index is 0.189. The number of aliphatic hydroxyl groups excluding tert-OH is 1. The van der Waals surface area contributed by atoms with Crippen molar-refractivity contribution >= 4 is 5.97 Å². The second-order valence-electron chi connectivity index (χ2n) is 8.91. The molecule has 3 atom stereocenters. The van der Waals surface area contributed by atoms with Crippen LogP contribution in [0.5, 0.6) is 0 Å². The third kappa shape index (κ3) is 9.40. The molecule has 0 aromatic carbocycles. The third-order valence-corrected chi connectivity index (χ3v) is 5.95. The summed E-state index contributed by atoms with van der Waals surface area (Å²) < 4.78 is 0. The van der Waals surface area contributed by atoms with Gasteiger partial charge in [-0.1, -0.05) is 51.9 Å². The fraction of sp³-hybridized carbons (Fsp3) is 0.955. The Bertz CT molecular complexity index is 399. The molecule has 5 heteroatoms. The number of carbonyl (C=O) groups is 1. The van der Waals surface area contributed by atoms with E-state index in [1.807, 2.05) is 0 Å². The largest absolute Gasteiger partial charge is 0.481 e. The molecule has 0 amide bonds. The maximum atomic E-state index is 12.1. The van der Waals surface area contributed by atoms with Crippen LogP contribution in [0.25, 0.3) is 0 Å². The van der Waals surface area contributed by atoms with Gasteiger partial charge in [0.25, 0.3) is 0 Å². The molecule has 0 aliphatic carbocycles. The molecule has 5 N–H and O–H groups in total. The lowest BCUT2D eigenvalue weighted by atomic mass is 9.66. The molecule has 3 unspecified atom stereocenters. The summed E-state index contributed by atoms with van der Waals surface area (Å²) >= 11 is 0. The summed E-state index contributed by atoms with van der Waals surface area (Å²) in [5.41, 5.74) is 4.01.